The number of amides is 2. The van der Waals surface area contributed by atoms with Crippen LogP contribution in [0.25, 0.3) is 0 Å². The number of sulfonamides is 1. The molecular formula is C21H29N3O5S. The number of benzene rings is 1. The van der Waals surface area contributed by atoms with Gasteiger partial charge in [-0.15, -0.1) is 0 Å². The summed E-state index contributed by atoms with van der Waals surface area (Å²) in [5.74, 6) is -0.110. The molecule has 1 aromatic rings. The fourth-order valence-electron chi connectivity index (χ4n) is 4.54. The first-order valence-corrected chi connectivity index (χ1v) is 12.2. The molecule has 1 aromatic carbocycles. The molecule has 3 aliphatic rings. The van der Waals surface area contributed by atoms with Crippen molar-refractivity contribution in [1.29, 1.82) is 0 Å². The molecular weight excluding hydrogens is 406 g/mol. The van der Waals surface area contributed by atoms with Gasteiger partial charge in [-0.05, 0) is 44.2 Å². The first-order valence-electron chi connectivity index (χ1n) is 10.7. The molecule has 8 nitrogen and oxygen atoms in total. The fourth-order valence-corrected chi connectivity index (χ4v) is 6.29. The number of ether oxygens (including phenoxy) is 1. The molecule has 0 aromatic heterocycles. The van der Waals surface area contributed by atoms with Crippen LogP contribution in [-0.2, 0) is 19.6 Å². The van der Waals surface area contributed by atoms with Crippen molar-refractivity contribution in [3.8, 4) is 5.75 Å². The van der Waals surface area contributed by atoms with Gasteiger partial charge in [0.25, 0.3) is 5.91 Å². The normalized spacial score (nSPS) is 23.2. The highest BCUT2D eigenvalue weighted by Crippen LogP contribution is 2.35. The van der Waals surface area contributed by atoms with E-state index in [0.29, 0.717) is 30.0 Å². The fraction of sp³-hybridized carbons (Fsp3) is 0.619. The molecule has 4 rings (SSSR count). The van der Waals surface area contributed by atoms with Crippen molar-refractivity contribution in [2.75, 3.05) is 38.1 Å². The molecule has 2 amide bonds. The lowest BCUT2D eigenvalue weighted by atomic mass is 9.98. The number of fused-ring (bicyclic) bond motifs is 1. The van der Waals surface area contributed by atoms with Crippen LogP contribution in [0.1, 0.15) is 44.1 Å². The Hall–Kier alpha value is -2.13. The van der Waals surface area contributed by atoms with Crippen molar-refractivity contribution in [1.82, 2.24) is 9.21 Å². The van der Waals surface area contributed by atoms with Crippen LogP contribution in [-0.4, -0.2) is 62.2 Å². The Morgan fingerprint density at radius 2 is 1.83 bits per heavy atom. The van der Waals surface area contributed by atoms with Gasteiger partial charge in [-0.2, -0.15) is 4.31 Å². The van der Waals surface area contributed by atoms with E-state index in [1.807, 2.05) is 4.90 Å². The van der Waals surface area contributed by atoms with Gasteiger partial charge in [0.05, 0.1) is 16.5 Å². The highest BCUT2D eigenvalue weighted by molar-refractivity contribution is 7.89. The summed E-state index contributed by atoms with van der Waals surface area (Å²) in [5.41, 5.74) is 1.02. The molecule has 0 bridgehead atoms. The Morgan fingerprint density at radius 1 is 1.10 bits per heavy atom. The molecule has 0 saturated carbocycles. The zero-order valence-electron chi connectivity index (χ0n) is 17.4. The van der Waals surface area contributed by atoms with Gasteiger partial charge in [0.2, 0.25) is 15.9 Å². The molecule has 9 heteroatoms. The lowest BCUT2D eigenvalue weighted by molar-refractivity contribution is -0.136. The summed E-state index contributed by atoms with van der Waals surface area (Å²) in [6.07, 6.45) is 5.72. The van der Waals surface area contributed by atoms with Crippen LogP contribution in [0.4, 0.5) is 5.69 Å². The minimum absolute atomic E-state index is 0.0880. The summed E-state index contributed by atoms with van der Waals surface area (Å²) >= 11 is 0. The number of aryl methyl sites for hydroxylation is 1. The number of carbonyl (C=O) groups is 2. The van der Waals surface area contributed by atoms with E-state index in [2.05, 4.69) is 5.32 Å². The van der Waals surface area contributed by atoms with Crippen LogP contribution in [0, 0.1) is 12.8 Å². The summed E-state index contributed by atoms with van der Waals surface area (Å²) in [4.78, 5) is 26.7. The predicted octanol–water partition coefficient (Wildman–Crippen LogP) is 2.13. The van der Waals surface area contributed by atoms with Gasteiger partial charge in [0.1, 0.15) is 5.75 Å². The van der Waals surface area contributed by atoms with Crippen molar-refractivity contribution in [3.63, 3.8) is 0 Å². The molecule has 164 valence electrons. The second-order valence-corrected chi connectivity index (χ2v) is 10.3. The highest BCUT2D eigenvalue weighted by Gasteiger charge is 2.36. The molecule has 2 saturated heterocycles. The van der Waals surface area contributed by atoms with Gasteiger partial charge in [-0.3, -0.25) is 9.59 Å². The number of hydrogen-bond acceptors (Lipinski definition) is 5. The summed E-state index contributed by atoms with van der Waals surface area (Å²) in [6, 6.07) is 3.11. The maximum Gasteiger partial charge on any atom is 0.262 e. The summed E-state index contributed by atoms with van der Waals surface area (Å²) in [6.45, 7) is 3.74. The van der Waals surface area contributed by atoms with E-state index in [0.717, 1.165) is 45.2 Å². The molecule has 30 heavy (non-hydrogen) atoms. The molecule has 0 aliphatic carbocycles. The van der Waals surface area contributed by atoms with Gasteiger partial charge in [-0.25, -0.2) is 8.42 Å². The van der Waals surface area contributed by atoms with Crippen LogP contribution in [0.5, 0.6) is 5.75 Å². The summed E-state index contributed by atoms with van der Waals surface area (Å²) in [5, 5.41) is 2.70. The van der Waals surface area contributed by atoms with Gasteiger partial charge in [-0.1, -0.05) is 12.8 Å². The van der Waals surface area contributed by atoms with E-state index in [1.54, 1.807) is 13.0 Å². The SMILES string of the molecule is Cc1cc2c(cc1S(=O)(=O)N1CCC[C@@H](C(=O)N3CCCCCC3)C1)OCC(=O)N2. The van der Waals surface area contributed by atoms with Crippen LogP contribution in [0.3, 0.4) is 0 Å². The van der Waals surface area contributed by atoms with Crippen molar-refractivity contribution < 1.29 is 22.7 Å². The van der Waals surface area contributed by atoms with Crippen molar-refractivity contribution >= 4 is 27.5 Å². The van der Waals surface area contributed by atoms with E-state index in [9.17, 15) is 18.0 Å². The maximum absolute atomic E-state index is 13.4. The van der Waals surface area contributed by atoms with E-state index in [4.69, 9.17) is 4.74 Å². The zero-order chi connectivity index (χ0) is 21.3. The number of likely N-dealkylation sites (tertiary alicyclic amines) is 1. The topological polar surface area (TPSA) is 96.0 Å². The number of rotatable bonds is 3. The molecule has 3 aliphatic heterocycles. The minimum atomic E-state index is -3.77. The first kappa shape index (κ1) is 21.1. The average Bonchev–Trinajstić information content (AvgIpc) is 3.02. The Bertz CT molecular complexity index is 938. The zero-order valence-corrected chi connectivity index (χ0v) is 18.2. The third-order valence-electron chi connectivity index (χ3n) is 6.18. The average molecular weight is 436 g/mol. The number of hydrogen-bond donors (Lipinski definition) is 1. The molecule has 0 unspecified atom stereocenters. The predicted molar refractivity (Wildman–Crippen MR) is 112 cm³/mol. The first-order chi connectivity index (χ1) is 14.4. The summed E-state index contributed by atoms with van der Waals surface area (Å²) < 4.78 is 33.7. The van der Waals surface area contributed by atoms with E-state index < -0.39 is 10.0 Å². The number of nitrogens with zero attached hydrogens (tertiary/aromatic N) is 2. The van der Waals surface area contributed by atoms with Crippen LogP contribution >= 0.6 is 0 Å². The van der Waals surface area contributed by atoms with Gasteiger partial charge in [0.15, 0.2) is 6.61 Å². The monoisotopic (exact) mass is 435 g/mol. The Morgan fingerprint density at radius 3 is 2.57 bits per heavy atom. The lowest BCUT2D eigenvalue weighted by Crippen LogP contribution is -2.47. The number of piperidine rings is 1. The van der Waals surface area contributed by atoms with E-state index in [1.165, 1.54) is 10.4 Å². The van der Waals surface area contributed by atoms with Crippen molar-refractivity contribution in [2.45, 2.75) is 50.3 Å². The lowest BCUT2D eigenvalue weighted by Gasteiger charge is -2.34. The van der Waals surface area contributed by atoms with Gasteiger partial charge in [0, 0.05) is 32.2 Å². The van der Waals surface area contributed by atoms with Crippen molar-refractivity contribution in [2.24, 2.45) is 5.92 Å². The molecule has 2 fully saturated rings. The molecule has 1 atom stereocenters. The Labute approximate surface area is 177 Å². The van der Waals surface area contributed by atoms with E-state index in [-0.39, 0.29) is 35.8 Å². The third kappa shape index (κ3) is 4.18. The quantitative estimate of drug-likeness (QED) is 0.785. The van der Waals surface area contributed by atoms with Crippen LogP contribution < -0.4 is 10.1 Å². The summed E-state index contributed by atoms with van der Waals surface area (Å²) in [7, 11) is -3.77. The van der Waals surface area contributed by atoms with Gasteiger partial charge >= 0.3 is 0 Å². The Balaban J connectivity index is 1.54. The number of carbonyl (C=O) groups excluding carboxylic acids is 2. The second-order valence-electron chi connectivity index (χ2n) is 8.39. The minimum Gasteiger partial charge on any atom is -0.482 e. The largest absolute Gasteiger partial charge is 0.482 e. The number of anilines is 1. The van der Waals surface area contributed by atoms with Crippen LogP contribution in [0.15, 0.2) is 17.0 Å². The second kappa shape index (κ2) is 8.55. The van der Waals surface area contributed by atoms with Gasteiger partial charge < -0.3 is 15.0 Å². The molecule has 3 heterocycles. The number of nitrogens with one attached hydrogen (secondary N) is 1. The smallest absolute Gasteiger partial charge is 0.262 e. The molecule has 0 spiro atoms. The molecule has 0 radical (unpaired) electrons. The third-order valence-corrected chi connectivity index (χ3v) is 8.19. The highest BCUT2D eigenvalue weighted by atomic mass is 32.2. The standard InChI is InChI=1S/C21H29N3O5S/c1-15-11-17-18(29-14-20(25)22-17)12-19(15)30(27,28)24-10-6-7-16(13-24)21(26)23-8-4-2-3-5-9-23/h11-12,16H,2-10,13-14H2,1H3,(H,22,25)/t16-/m1/s1. The van der Waals surface area contributed by atoms with Crippen LogP contribution in [0.2, 0.25) is 0 Å². The van der Waals surface area contributed by atoms with Crippen molar-refractivity contribution in [3.05, 3.63) is 17.7 Å². The maximum atomic E-state index is 13.4. The van der Waals surface area contributed by atoms with E-state index >= 15 is 0 Å². The molecule has 1 N–H and O–H groups in total. The Kier molecular flexibility index (Phi) is 6.02.